The van der Waals surface area contributed by atoms with Crippen LogP contribution in [-0.2, 0) is 0 Å². The molecule has 1 aromatic carbocycles. The quantitative estimate of drug-likeness (QED) is 0.818. The summed E-state index contributed by atoms with van der Waals surface area (Å²) >= 11 is 0. The van der Waals surface area contributed by atoms with Gasteiger partial charge in [-0.2, -0.15) is 0 Å². The lowest BCUT2D eigenvalue weighted by molar-refractivity contribution is 0.340. The maximum atomic E-state index is 5.44. The summed E-state index contributed by atoms with van der Waals surface area (Å²) in [6.45, 7) is 7.16. The molecule has 1 aliphatic heterocycles. The van der Waals surface area contributed by atoms with E-state index >= 15 is 0 Å². The highest BCUT2D eigenvalue weighted by atomic mass is 16.5. The van der Waals surface area contributed by atoms with Crippen LogP contribution in [0, 0.1) is 0 Å². The van der Waals surface area contributed by atoms with Gasteiger partial charge in [0.05, 0.1) is 6.61 Å². The minimum atomic E-state index is 0.399. The van der Waals surface area contributed by atoms with E-state index in [-0.39, 0.29) is 0 Å². The first-order chi connectivity index (χ1) is 8.29. The van der Waals surface area contributed by atoms with Crippen molar-refractivity contribution in [2.45, 2.75) is 32.4 Å². The summed E-state index contributed by atoms with van der Waals surface area (Å²) < 4.78 is 5.44. The van der Waals surface area contributed by atoms with Gasteiger partial charge in [-0.3, -0.25) is 0 Å². The molecule has 17 heavy (non-hydrogen) atoms. The fraction of sp³-hybridized carbons (Fsp3) is 0.571. The highest BCUT2D eigenvalue weighted by molar-refractivity contribution is 5.29. The van der Waals surface area contributed by atoms with E-state index in [9.17, 15) is 0 Å². The number of hydrogen-bond donors (Lipinski definition) is 2. The van der Waals surface area contributed by atoms with E-state index < -0.39 is 0 Å². The number of hydrogen-bond acceptors (Lipinski definition) is 3. The second kappa shape index (κ2) is 6.03. The van der Waals surface area contributed by atoms with Crippen LogP contribution in [0.15, 0.2) is 24.3 Å². The SMILES string of the molecule is CCOc1ccc(C(C)NC2CCNC2)cc1. The number of rotatable bonds is 5. The standard InChI is InChI=1S/C14H22N2O/c1-3-17-14-6-4-12(5-7-14)11(2)16-13-8-9-15-10-13/h4-7,11,13,15-16H,3,8-10H2,1-2H3. The molecule has 0 bridgehead atoms. The zero-order valence-corrected chi connectivity index (χ0v) is 10.7. The van der Waals surface area contributed by atoms with E-state index in [0.717, 1.165) is 25.4 Å². The molecule has 0 saturated carbocycles. The summed E-state index contributed by atoms with van der Waals surface area (Å²) in [6, 6.07) is 9.39. The summed E-state index contributed by atoms with van der Waals surface area (Å²) in [5, 5.41) is 7.02. The van der Waals surface area contributed by atoms with Crippen molar-refractivity contribution in [2.24, 2.45) is 0 Å². The Balaban J connectivity index is 1.91. The number of benzene rings is 1. The van der Waals surface area contributed by atoms with Crippen LogP contribution in [0.1, 0.15) is 31.9 Å². The molecule has 1 saturated heterocycles. The average Bonchev–Trinajstić information content (AvgIpc) is 2.83. The van der Waals surface area contributed by atoms with Crippen LogP contribution in [0.25, 0.3) is 0 Å². The van der Waals surface area contributed by atoms with Crippen molar-refractivity contribution in [2.75, 3.05) is 19.7 Å². The van der Waals surface area contributed by atoms with Gasteiger partial charge in [0.25, 0.3) is 0 Å². The highest BCUT2D eigenvalue weighted by Crippen LogP contribution is 2.18. The van der Waals surface area contributed by atoms with E-state index in [1.54, 1.807) is 0 Å². The van der Waals surface area contributed by atoms with Gasteiger partial charge in [0.2, 0.25) is 0 Å². The van der Waals surface area contributed by atoms with Gasteiger partial charge in [0.1, 0.15) is 5.75 Å². The predicted molar refractivity (Wildman–Crippen MR) is 70.4 cm³/mol. The van der Waals surface area contributed by atoms with Crippen LogP contribution in [0.5, 0.6) is 5.75 Å². The topological polar surface area (TPSA) is 33.3 Å². The van der Waals surface area contributed by atoms with Gasteiger partial charge >= 0.3 is 0 Å². The van der Waals surface area contributed by atoms with Gasteiger partial charge in [-0.05, 0) is 44.5 Å². The van der Waals surface area contributed by atoms with Crippen molar-refractivity contribution in [3.63, 3.8) is 0 Å². The zero-order chi connectivity index (χ0) is 12.1. The van der Waals surface area contributed by atoms with Crippen LogP contribution in [-0.4, -0.2) is 25.7 Å². The van der Waals surface area contributed by atoms with Gasteiger partial charge < -0.3 is 15.4 Å². The monoisotopic (exact) mass is 234 g/mol. The molecule has 0 aliphatic carbocycles. The maximum absolute atomic E-state index is 5.44. The van der Waals surface area contributed by atoms with Crippen molar-refractivity contribution in [1.82, 2.24) is 10.6 Å². The first-order valence-corrected chi connectivity index (χ1v) is 6.49. The summed E-state index contributed by atoms with van der Waals surface area (Å²) in [5.41, 5.74) is 1.32. The smallest absolute Gasteiger partial charge is 0.119 e. The molecule has 0 amide bonds. The third kappa shape index (κ3) is 3.45. The third-order valence-corrected chi connectivity index (χ3v) is 3.24. The Bertz CT molecular complexity index is 331. The molecule has 3 nitrogen and oxygen atoms in total. The second-order valence-electron chi connectivity index (χ2n) is 4.58. The van der Waals surface area contributed by atoms with E-state index in [1.807, 2.05) is 19.1 Å². The van der Waals surface area contributed by atoms with Crippen LogP contribution < -0.4 is 15.4 Å². The summed E-state index contributed by atoms with van der Waals surface area (Å²) in [7, 11) is 0. The zero-order valence-electron chi connectivity index (χ0n) is 10.7. The van der Waals surface area contributed by atoms with Crippen LogP contribution in [0.4, 0.5) is 0 Å². The molecular weight excluding hydrogens is 212 g/mol. The Morgan fingerprint density at radius 1 is 1.41 bits per heavy atom. The van der Waals surface area contributed by atoms with Crippen molar-refractivity contribution in [3.8, 4) is 5.75 Å². The van der Waals surface area contributed by atoms with Crippen LogP contribution in [0.2, 0.25) is 0 Å². The molecule has 0 aromatic heterocycles. The Hall–Kier alpha value is -1.06. The van der Waals surface area contributed by atoms with E-state index in [2.05, 4.69) is 29.7 Å². The van der Waals surface area contributed by atoms with Gasteiger partial charge in [0, 0.05) is 18.6 Å². The lowest BCUT2D eigenvalue weighted by Gasteiger charge is -2.19. The molecule has 1 aliphatic rings. The van der Waals surface area contributed by atoms with Gasteiger partial charge in [-0.15, -0.1) is 0 Å². The largest absolute Gasteiger partial charge is 0.494 e. The molecule has 0 spiro atoms. The Morgan fingerprint density at radius 3 is 2.76 bits per heavy atom. The molecule has 0 radical (unpaired) electrons. The van der Waals surface area contributed by atoms with E-state index in [4.69, 9.17) is 4.74 Å². The Kier molecular flexibility index (Phi) is 4.40. The summed E-state index contributed by atoms with van der Waals surface area (Å²) in [6.07, 6.45) is 1.22. The van der Waals surface area contributed by atoms with E-state index in [1.165, 1.54) is 12.0 Å². The molecule has 94 valence electrons. The minimum Gasteiger partial charge on any atom is -0.494 e. The van der Waals surface area contributed by atoms with Crippen LogP contribution >= 0.6 is 0 Å². The fourth-order valence-corrected chi connectivity index (χ4v) is 2.27. The third-order valence-electron chi connectivity index (χ3n) is 3.24. The number of ether oxygens (including phenoxy) is 1. The summed E-state index contributed by atoms with van der Waals surface area (Å²) in [5.74, 6) is 0.950. The van der Waals surface area contributed by atoms with E-state index in [0.29, 0.717) is 12.1 Å². The molecule has 1 fully saturated rings. The minimum absolute atomic E-state index is 0.399. The Labute approximate surface area is 104 Å². The first kappa shape index (κ1) is 12.4. The normalized spacial score (nSPS) is 21.4. The maximum Gasteiger partial charge on any atom is 0.119 e. The molecule has 3 heteroatoms. The molecular formula is C14H22N2O. The van der Waals surface area contributed by atoms with Crippen molar-refractivity contribution in [3.05, 3.63) is 29.8 Å². The second-order valence-corrected chi connectivity index (χ2v) is 4.58. The van der Waals surface area contributed by atoms with Crippen molar-refractivity contribution < 1.29 is 4.74 Å². The van der Waals surface area contributed by atoms with Crippen molar-refractivity contribution in [1.29, 1.82) is 0 Å². The lowest BCUT2D eigenvalue weighted by atomic mass is 10.1. The van der Waals surface area contributed by atoms with Gasteiger partial charge in [-0.25, -0.2) is 0 Å². The van der Waals surface area contributed by atoms with Gasteiger partial charge in [-0.1, -0.05) is 12.1 Å². The predicted octanol–water partition coefficient (Wildman–Crippen LogP) is 2.10. The molecule has 1 aromatic rings. The van der Waals surface area contributed by atoms with Gasteiger partial charge in [0.15, 0.2) is 0 Å². The molecule has 2 rings (SSSR count). The van der Waals surface area contributed by atoms with Crippen LogP contribution in [0.3, 0.4) is 0 Å². The molecule has 2 unspecified atom stereocenters. The molecule has 2 N–H and O–H groups in total. The molecule has 1 heterocycles. The first-order valence-electron chi connectivity index (χ1n) is 6.49. The van der Waals surface area contributed by atoms with Crippen molar-refractivity contribution >= 4 is 0 Å². The highest BCUT2D eigenvalue weighted by Gasteiger charge is 2.16. The fourth-order valence-electron chi connectivity index (χ4n) is 2.27. The Morgan fingerprint density at radius 2 is 2.18 bits per heavy atom. The molecule has 2 atom stereocenters. The summed E-state index contributed by atoms with van der Waals surface area (Å²) in [4.78, 5) is 0. The average molecular weight is 234 g/mol. The number of nitrogens with one attached hydrogen (secondary N) is 2. The lowest BCUT2D eigenvalue weighted by Crippen LogP contribution is -2.33.